The number of carboxylic acid groups (broad SMARTS) is 1. The van der Waals surface area contributed by atoms with Crippen LogP contribution in [0.1, 0.15) is 79.2 Å². The Kier molecular flexibility index (Phi) is 11.5. The minimum atomic E-state index is -0.908. The monoisotopic (exact) mass is 650 g/mol. The van der Waals surface area contributed by atoms with Crippen molar-refractivity contribution in [2.24, 2.45) is 5.92 Å². The lowest BCUT2D eigenvalue weighted by molar-refractivity contribution is -0.277. The summed E-state index contributed by atoms with van der Waals surface area (Å²) in [7, 11) is 0. The molecule has 2 aliphatic heterocycles. The summed E-state index contributed by atoms with van der Waals surface area (Å²) in [6.07, 6.45) is 0.674. The fourth-order valence-corrected chi connectivity index (χ4v) is 6.34. The van der Waals surface area contributed by atoms with Gasteiger partial charge in [0.15, 0.2) is 6.29 Å². The minimum Gasteiger partial charge on any atom is -0.481 e. The number of hydrogen-bond acceptors (Lipinski definition) is 7. The third-order valence-electron chi connectivity index (χ3n) is 9.16. The maximum Gasteiger partial charge on any atom is 0.303 e. The Hall–Kier alpha value is -3.31. The van der Waals surface area contributed by atoms with E-state index in [1.165, 1.54) is 0 Å². The van der Waals surface area contributed by atoms with E-state index < -0.39 is 17.9 Å². The number of halogens is 1. The smallest absolute Gasteiger partial charge is 0.303 e. The Labute approximate surface area is 275 Å². The molecule has 4 unspecified atom stereocenters. The lowest BCUT2D eigenvalue weighted by Gasteiger charge is -2.45. The van der Waals surface area contributed by atoms with E-state index in [9.17, 15) is 19.8 Å². The molecule has 2 fully saturated rings. The summed E-state index contributed by atoms with van der Waals surface area (Å²) in [6, 6.07) is 23.0. The predicted octanol–water partition coefficient (Wildman–Crippen LogP) is 5.48. The van der Waals surface area contributed by atoms with E-state index in [1.54, 1.807) is 0 Å². The quantitative estimate of drug-likeness (QED) is 0.203. The van der Waals surface area contributed by atoms with Gasteiger partial charge in [-0.25, -0.2) is 0 Å². The average Bonchev–Trinajstić information content (AvgIpc) is 3.06. The maximum absolute atomic E-state index is 12.1. The summed E-state index contributed by atoms with van der Waals surface area (Å²) < 4.78 is 13.2. The van der Waals surface area contributed by atoms with Gasteiger partial charge in [0.2, 0.25) is 5.91 Å². The van der Waals surface area contributed by atoms with Crippen LogP contribution in [-0.2, 0) is 37.8 Å². The van der Waals surface area contributed by atoms with Crippen molar-refractivity contribution in [3.8, 4) is 0 Å². The number of likely N-dealkylation sites (tertiary alicyclic amines) is 1. The van der Waals surface area contributed by atoms with E-state index >= 15 is 0 Å². The molecule has 0 spiro atoms. The first kappa shape index (κ1) is 34.0. The summed E-state index contributed by atoms with van der Waals surface area (Å²) >= 11 is 6.07. The van der Waals surface area contributed by atoms with Gasteiger partial charge in [0.25, 0.3) is 0 Å². The number of benzene rings is 3. The molecule has 1 amide bonds. The Bertz CT molecular complexity index is 1440. The number of aliphatic hydroxyl groups excluding tert-OH is 1. The number of aliphatic carboxylic acids is 1. The molecule has 3 aromatic carbocycles. The standard InChI is InChI=1S/C36H43ClN2O7/c1-24-31(22-39-19-17-36(44,18-20-39)29-13-15-30(37)16-14-29)45-35(46-34(24)27-9-7-26(23-40)8-10-27)28-11-5-25(6-12-28)21-38-32(41)3-2-4-33(42)43/h5-16,24,31,34-35,40,44H,2-4,17-23H2,1H3,(H,38,41)(H,42,43). The van der Waals surface area contributed by atoms with Crippen molar-refractivity contribution in [1.29, 1.82) is 0 Å². The van der Waals surface area contributed by atoms with Gasteiger partial charge in [-0.1, -0.05) is 79.2 Å². The summed E-state index contributed by atoms with van der Waals surface area (Å²) in [5, 5.41) is 33.2. The Morgan fingerprint density at radius 3 is 2.17 bits per heavy atom. The molecule has 5 rings (SSSR count). The van der Waals surface area contributed by atoms with Gasteiger partial charge < -0.3 is 35.0 Å². The lowest BCUT2D eigenvalue weighted by Crippen LogP contribution is -2.49. The number of ether oxygens (including phenoxy) is 2. The van der Waals surface area contributed by atoms with Gasteiger partial charge in [-0.05, 0) is 53.6 Å². The molecule has 46 heavy (non-hydrogen) atoms. The maximum atomic E-state index is 12.1. The van der Waals surface area contributed by atoms with Gasteiger partial charge in [0.1, 0.15) is 0 Å². The number of carboxylic acids is 1. The lowest BCUT2D eigenvalue weighted by atomic mass is 9.84. The number of piperidine rings is 1. The molecule has 4 N–H and O–H groups in total. The highest BCUT2D eigenvalue weighted by atomic mass is 35.5. The zero-order valence-corrected chi connectivity index (χ0v) is 26.9. The second-order valence-corrected chi connectivity index (χ2v) is 12.9. The van der Waals surface area contributed by atoms with E-state index in [0.717, 1.165) is 40.9 Å². The third-order valence-corrected chi connectivity index (χ3v) is 9.41. The van der Waals surface area contributed by atoms with Gasteiger partial charge in [-0.3, -0.25) is 9.59 Å². The first-order valence-corrected chi connectivity index (χ1v) is 16.3. The Morgan fingerprint density at radius 2 is 1.54 bits per heavy atom. The Morgan fingerprint density at radius 1 is 0.913 bits per heavy atom. The van der Waals surface area contributed by atoms with Crippen molar-refractivity contribution >= 4 is 23.5 Å². The number of carbonyl (C=O) groups is 2. The van der Waals surface area contributed by atoms with Crippen LogP contribution < -0.4 is 5.32 Å². The largest absolute Gasteiger partial charge is 0.481 e. The van der Waals surface area contributed by atoms with Gasteiger partial charge in [0.05, 0.1) is 24.4 Å². The number of rotatable bonds is 12. The highest BCUT2D eigenvalue weighted by molar-refractivity contribution is 6.30. The molecule has 2 saturated heterocycles. The number of aliphatic hydroxyl groups is 2. The zero-order chi connectivity index (χ0) is 32.7. The van der Waals surface area contributed by atoms with Crippen LogP contribution in [-0.4, -0.2) is 57.8 Å². The van der Waals surface area contributed by atoms with Gasteiger partial charge in [-0.2, -0.15) is 0 Å². The second-order valence-electron chi connectivity index (χ2n) is 12.4. The molecule has 0 radical (unpaired) electrons. The van der Waals surface area contributed by atoms with Gasteiger partial charge in [0, 0.05) is 55.5 Å². The molecule has 4 atom stereocenters. The number of nitrogens with one attached hydrogen (secondary N) is 1. The molecule has 3 aromatic rings. The van der Waals surface area contributed by atoms with Crippen molar-refractivity contribution < 1.29 is 34.4 Å². The van der Waals surface area contributed by atoms with Crippen LogP contribution in [0.25, 0.3) is 0 Å². The van der Waals surface area contributed by atoms with Crippen molar-refractivity contribution in [2.75, 3.05) is 19.6 Å². The van der Waals surface area contributed by atoms with Crippen molar-refractivity contribution in [2.45, 2.75) is 76.3 Å². The topological polar surface area (TPSA) is 129 Å². The summed E-state index contributed by atoms with van der Waals surface area (Å²) in [6.45, 7) is 4.60. The van der Waals surface area contributed by atoms with Crippen LogP contribution in [0.5, 0.6) is 0 Å². The second kappa shape index (κ2) is 15.5. The van der Waals surface area contributed by atoms with E-state index in [4.69, 9.17) is 26.2 Å². The molecule has 2 aliphatic rings. The van der Waals surface area contributed by atoms with Crippen LogP contribution in [0.3, 0.4) is 0 Å². The normalized spacial score (nSPS) is 23.1. The molecule has 10 heteroatoms. The van der Waals surface area contributed by atoms with Crippen LogP contribution in [0.2, 0.25) is 5.02 Å². The SMILES string of the molecule is CC1C(CN2CCC(O)(c3ccc(Cl)cc3)CC2)OC(c2ccc(CNC(=O)CCCC(=O)O)cc2)OC1c1ccc(CO)cc1. The van der Waals surface area contributed by atoms with Crippen LogP contribution in [0, 0.1) is 5.92 Å². The van der Waals surface area contributed by atoms with Crippen molar-refractivity contribution in [3.05, 3.63) is 106 Å². The molecular formula is C36H43ClN2O7. The summed E-state index contributed by atoms with van der Waals surface area (Å²) in [4.78, 5) is 25.1. The van der Waals surface area contributed by atoms with E-state index in [-0.39, 0.29) is 43.5 Å². The van der Waals surface area contributed by atoms with Crippen molar-refractivity contribution in [3.63, 3.8) is 0 Å². The van der Waals surface area contributed by atoms with E-state index in [0.29, 0.717) is 37.4 Å². The van der Waals surface area contributed by atoms with E-state index in [2.05, 4.69) is 17.1 Å². The third kappa shape index (κ3) is 8.73. The van der Waals surface area contributed by atoms with Crippen molar-refractivity contribution in [1.82, 2.24) is 10.2 Å². The first-order chi connectivity index (χ1) is 22.1. The zero-order valence-electron chi connectivity index (χ0n) is 26.1. The van der Waals surface area contributed by atoms with Gasteiger partial charge in [-0.15, -0.1) is 0 Å². The molecular weight excluding hydrogens is 608 g/mol. The molecule has 2 heterocycles. The number of amides is 1. The fourth-order valence-electron chi connectivity index (χ4n) is 6.22. The fraction of sp³-hybridized carbons (Fsp3) is 0.444. The number of carbonyl (C=O) groups excluding carboxylic acids is 1. The predicted molar refractivity (Wildman–Crippen MR) is 174 cm³/mol. The summed E-state index contributed by atoms with van der Waals surface area (Å²) in [5.74, 6) is -1.06. The summed E-state index contributed by atoms with van der Waals surface area (Å²) in [5.41, 5.74) is 3.63. The van der Waals surface area contributed by atoms with Crippen LogP contribution in [0.15, 0.2) is 72.8 Å². The first-order valence-electron chi connectivity index (χ1n) is 15.9. The molecule has 9 nitrogen and oxygen atoms in total. The minimum absolute atomic E-state index is 0.0256. The molecule has 0 bridgehead atoms. The number of hydrogen-bond donors (Lipinski definition) is 4. The molecule has 0 aromatic heterocycles. The highest BCUT2D eigenvalue weighted by Gasteiger charge is 2.41. The van der Waals surface area contributed by atoms with Crippen LogP contribution >= 0.6 is 11.6 Å². The molecule has 246 valence electrons. The average molecular weight is 651 g/mol. The van der Waals surface area contributed by atoms with Gasteiger partial charge >= 0.3 is 5.97 Å². The van der Waals surface area contributed by atoms with E-state index in [1.807, 2.05) is 72.8 Å². The molecule has 0 saturated carbocycles. The molecule has 0 aliphatic carbocycles. The highest BCUT2D eigenvalue weighted by Crippen LogP contribution is 2.42. The van der Waals surface area contributed by atoms with Crippen LogP contribution in [0.4, 0.5) is 0 Å². The Balaban J connectivity index is 1.26. The number of nitrogens with zero attached hydrogens (tertiary/aromatic N) is 1.